The number of carbonyl (C=O) groups excluding carboxylic acids is 2. The van der Waals surface area contributed by atoms with Crippen molar-refractivity contribution in [2.75, 3.05) is 25.1 Å². The largest absolute Gasteiger partial charge is 0.462 e. The number of nitrogens with two attached hydrogens (primary N) is 1. The Balaban J connectivity index is 2.61. The molecule has 3 N–H and O–H groups in total. The van der Waals surface area contributed by atoms with E-state index in [1.165, 1.54) is 18.0 Å². The van der Waals surface area contributed by atoms with Gasteiger partial charge in [-0.25, -0.2) is 14.8 Å². The summed E-state index contributed by atoms with van der Waals surface area (Å²) in [6.07, 6.45) is 1.70. The van der Waals surface area contributed by atoms with Crippen LogP contribution in [0.3, 0.4) is 0 Å². The van der Waals surface area contributed by atoms with Gasteiger partial charge >= 0.3 is 5.97 Å². The van der Waals surface area contributed by atoms with Crippen LogP contribution >= 0.6 is 11.8 Å². The van der Waals surface area contributed by atoms with Gasteiger partial charge in [-0.3, -0.25) is 4.79 Å². The summed E-state index contributed by atoms with van der Waals surface area (Å²) < 4.78 is 4.82. The van der Waals surface area contributed by atoms with Crippen LogP contribution in [0.4, 0.5) is 5.82 Å². The Bertz CT molecular complexity index is 467. The normalized spacial score (nSPS) is 10.0. The van der Waals surface area contributed by atoms with Gasteiger partial charge in [-0.05, 0) is 6.92 Å². The van der Waals surface area contributed by atoms with Crippen molar-refractivity contribution in [1.82, 2.24) is 15.3 Å². The Hall–Kier alpha value is -1.83. The molecule has 1 amide bonds. The number of hydrogen-bond acceptors (Lipinski definition) is 7. The molecule has 0 bridgehead atoms. The zero-order valence-electron chi connectivity index (χ0n) is 10.8. The number of thioether (sulfide) groups is 1. The minimum atomic E-state index is -0.540. The highest BCUT2D eigenvalue weighted by atomic mass is 32.2. The summed E-state index contributed by atoms with van der Waals surface area (Å²) in [6, 6.07) is 0. The second-order valence-electron chi connectivity index (χ2n) is 3.44. The molecule has 1 rings (SSSR count). The van der Waals surface area contributed by atoms with Gasteiger partial charge in [0.2, 0.25) is 5.91 Å². The Morgan fingerprint density at radius 3 is 2.84 bits per heavy atom. The van der Waals surface area contributed by atoms with E-state index in [-0.39, 0.29) is 23.9 Å². The molecule has 0 atom stereocenters. The maximum absolute atomic E-state index is 11.5. The molecular weight excluding hydrogens is 268 g/mol. The summed E-state index contributed by atoms with van der Waals surface area (Å²) in [5.41, 5.74) is 5.82. The van der Waals surface area contributed by atoms with Crippen LogP contribution in [-0.4, -0.2) is 41.3 Å². The third kappa shape index (κ3) is 4.74. The fourth-order valence-electron chi connectivity index (χ4n) is 1.17. The lowest BCUT2D eigenvalue weighted by atomic mass is 10.3. The topological polar surface area (TPSA) is 107 Å². The van der Waals surface area contributed by atoms with Gasteiger partial charge < -0.3 is 15.8 Å². The van der Waals surface area contributed by atoms with E-state index in [4.69, 9.17) is 10.5 Å². The molecule has 19 heavy (non-hydrogen) atoms. The molecule has 7 nitrogen and oxygen atoms in total. The minimum Gasteiger partial charge on any atom is -0.462 e. The zero-order valence-corrected chi connectivity index (χ0v) is 11.6. The van der Waals surface area contributed by atoms with Crippen molar-refractivity contribution in [3.8, 4) is 0 Å². The van der Waals surface area contributed by atoms with Crippen LogP contribution < -0.4 is 11.1 Å². The molecule has 0 saturated carbocycles. The molecule has 0 saturated heterocycles. The van der Waals surface area contributed by atoms with E-state index in [0.29, 0.717) is 17.3 Å². The van der Waals surface area contributed by atoms with E-state index < -0.39 is 5.97 Å². The summed E-state index contributed by atoms with van der Waals surface area (Å²) in [6.45, 7) is 1.97. The molecule has 0 radical (unpaired) electrons. The van der Waals surface area contributed by atoms with Gasteiger partial charge in [-0.1, -0.05) is 11.8 Å². The predicted octanol–water partition coefficient (Wildman–Crippen LogP) is 0.464. The lowest BCUT2D eigenvalue weighted by Gasteiger charge is -2.05. The van der Waals surface area contributed by atoms with Crippen molar-refractivity contribution in [2.24, 2.45) is 0 Å². The molecule has 0 fully saturated rings. The number of aromatic nitrogens is 2. The van der Waals surface area contributed by atoms with E-state index in [1.807, 2.05) is 0 Å². The van der Waals surface area contributed by atoms with E-state index in [1.54, 1.807) is 14.0 Å². The van der Waals surface area contributed by atoms with E-state index in [0.717, 1.165) is 0 Å². The Labute approximate surface area is 115 Å². The highest BCUT2D eigenvalue weighted by Crippen LogP contribution is 2.17. The highest BCUT2D eigenvalue weighted by Gasteiger charge is 2.13. The Kier molecular flexibility index (Phi) is 6.07. The molecule has 0 spiro atoms. The van der Waals surface area contributed by atoms with Gasteiger partial charge in [0.15, 0.2) is 5.16 Å². The van der Waals surface area contributed by atoms with Crippen LogP contribution in [0.15, 0.2) is 11.4 Å². The smallest absolute Gasteiger partial charge is 0.343 e. The number of anilines is 1. The predicted molar refractivity (Wildman–Crippen MR) is 71.8 cm³/mol. The van der Waals surface area contributed by atoms with Gasteiger partial charge in [0.1, 0.15) is 11.4 Å². The Morgan fingerprint density at radius 1 is 1.53 bits per heavy atom. The van der Waals surface area contributed by atoms with Crippen LogP contribution in [0.5, 0.6) is 0 Å². The third-order valence-corrected chi connectivity index (χ3v) is 2.99. The minimum absolute atomic E-state index is 0.0522. The van der Waals surface area contributed by atoms with Crippen LogP contribution in [0.1, 0.15) is 23.7 Å². The van der Waals surface area contributed by atoms with Crippen molar-refractivity contribution in [2.45, 2.75) is 18.5 Å². The van der Waals surface area contributed by atoms with Gasteiger partial charge in [0.25, 0.3) is 0 Å². The van der Waals surface area contributed by atoms with Crippen molar-refractivity contribution < 1.29 is 14.3 Å². The SMILES string of the molecule is CCOC(=O)c1cnc(SCCC(=O)NC)nc1N. The van der Waals surface area contributed by atoms with Crippen molar-refractivity contribution in [1.29, 1.82) is 0 Å². The van der Waals surface area contributed by atoms with Crippen molar-refractivity contribution >= 4 is 29.5 Å². The maximum atomic E-state index is 11.5. The van der Waals surface area contributed by atoms with Crippen LogP contribution in [0.25, 0.3) is 0 Å². The quantitative estimate of drug-likeness (QED) is 0.444. The molecule has 0 aliphatic rings. The molecule has 1 aromatic heterocycles. The molecule has 1 heterocycles. The van der Waals surface area contributed by atoms with E-state index in [2.05, 4.69) is 15.3 Å². The number of rotatable bonds is 6. The van der Waals surface area contributed by atoms with Gasteiger partial charge in [0, 0.05) is 25.4 Å². The molecule has 0 aliphatic carbocycles. The summed E-state index contributed by atoms with van der Waals surface area (Å²) in [4.78, 5) is 30.5. The fourth-order valence-corrected chi connectivity index (χ4v) is 1.93. The first kappa shape index (κ1) is 15.2. The monoisotopic (exact) mass is 284 g/mol. The number of nitrogen functional groups attached to an aromatic ring is 1. The summed E-state index contributed by atoms with van der Waals surface area (Å²) in [7, 11) is 1.58. The first-order valence-electron chi connectivity index (χ1n) is 5.71. The summed E-state index contributed by atoms with van der Waals surface area (Å²) >= 11 is 1.30. The maximum Gasteiger partial charge on any atom is 0.343 e. The number of hydrogen-bond donors (Lipinski definition) is 2. The molecule has 8 heteroatoms. The fraction of sp³-hybridized carbons (Fsp3) is 0.455. The van der Waals surface area contributed by atoms with Crippen molar-refractivity contribution in [3.63, 3.8) is 0 Å². The molecule has 104 valence electrons. The van der Waals surface area contributed by atoms with Crippen LogP contribution in [0, 0.1) is 0 Å². The zero-order chi connectivity index (χ0) is 14.3. The first-order valence-corrected chi connectivity index (χ1v) is 6.70. The summed E-state index contributed by atoms with van der Waals surface area (Å²) in [5.74, 6) is 0.0270. The van der Waals surface area contributed by atoms with E-state index >= 15 is 0 Å². The lowest BCUT2D eigenvalue weighted by molar-refractivity contribution is -0.120. The first-order chi connectivity index (χ1) is 9.08. The second kappa shape index (κ2) is 7.57. The van der Waals surface area contributed by atoms with Crippen LogP contribution in [0.2, 0.25) is 0 Å². The number of ether oxygens (including phenoxy) is 1. The van der Waals surface area contributed by atoms with Gasteiger partial charge in [-0.2, -0.15) is 0 Å². The standard InChI is InChI=1S/C11H16N4O3S/c1-3-18-10(17)7-6-14-11(15-9(7)12)19-5-4-8(16)13-2/h6H,3-5H2,1-2H3,(H,13,16)(H2,12,14,15). The number of carbonyl (C=O) groups is 2. The third-order valence-electron chi connectivity index (χ3n) is 2.13. The van der Waals surface area contributed by atoms with Gasteiger partial charge in [-0.15, -0.1) is 0 Å². The highest BCUT2D eigenvalue weighted by molar-refractivity contribution is 7.99. The Morgan fingerprint density at radius 2 is 2.26 bits per heavy atom. The average molecular weight is 284 g/mol. The summed E-state index contributed by atoms with van der Waals surface area (Å²) in [5, 5.41) is 2.95. The van der Waals surface area contributed by atoms with Gasteiger partial charge in [0.05, 0.1) is 6.61 Å². The van der Waals surface area contributed by atoms with Crippen LogP contribution in [-0.2, 0) is 9.53 Å². The second-order valence-corrected chi connectivity index (χ2v) is 4.51. The average Bonchev–Trinajstić information content (AvgIpc) is 2.38. The van der Waals surface area contributed by atoms with E-state index in [9.17, 15) is 9.59 Å². The number of esters is 1. The molecular formula is C11H16N4O3S. The number of nitrogens with zero attached hydrogens (tertiary/aromatic N) is 2. The van der Waals surface area contributed by atoms with Crippen molar-refractivity contribution in [3.05, 3.63) is 11.8 Å². The molecule has 0 aromatic carbocycles. The lowest BCUT2D eigenvalue weighted by Crippen LogP contribution is -2.18. The number of nitrogens with one attached hydrogen (secondary N) is 1. The molecule has 0 aliphatic heterocycles. The molecule has 1 aromatic rings. The molecule has 0 unspecified atom stereocenters. The number of amides is 1.